The smallest absolute Gasteiger partial charge is 0.545 e. The third-order valence-electron chi connectivity index (χ3n) is 0.714. The zero-order valence-corrected chi connectivity index (χ0v) is 12.7. The zero-order valence-electron chi connectivity index (χ0n) is 7.19. The molecule has 0 aromatic heterocycles. The predicted molar refractivity (Wildman–Crippen MR) is 38.3 cm³/mol. The van der Waals surface area contributed by atoms with Gasteiger partial charge in [-0.05, 0) is 12.5 Å². The van der Waals surface area contributed by atoms with Gasteiger partial charge in [0.25, 0.3) is 0 Å². The standard InChI is InChI=1S/C4H10O2.C3H4O2.Hg/c1-2-3-4(5)6;1-2-3(4)5;/h4-6H,2-3H2,1H3;2H,1H2,(H,4,5);/q;;+1/p-1. The Kier molecular flexibility index (Phi) is 20.4. The van der Waals surface area contributed by atoms with Crippen LogP contribution in [0.3, 0.4) is 0 Å². The van der Waals surface area contributed by atoms with Crippen molar-refractivity contribution in [2.75, 3.05) is 0 Å². The van der Waals surface area contributed by atoms with Crippen LogP contribution in [0.15, 0.2) is 12.7 Å². The van der Waals surface area contributed by atoms with Gasteiger partial charge in [0.15, 0.2) is 6.29 Å². The van der Waals surface area contributed by atoms with Crippen molar-refractivity contribution >= 4 is 5.97 Å². The van der Waals surface area contributed by atoms with E-state index in [9.17, 15) is 0 Å². The van der Waals surface area contributed by atoms with Crippen LogP contribution in [0.1, 0.15) is 19.8 Å². The molecule has 0 rings (SSSR count). The van der Waals surface area contributed by atoms with Crippen LogP contribution in [-0.4, -0.2) is 22.5 Å². The topological polar surface area (TPSA) is 80.6 Å². The van der Waals surface area contributed by atoms with Crippen LogP contribution in [-0.2, 0) is 32.5 Å². The Bertz CT molecular complexity index is 114. The zero-order chi connectivity index (χ0) is 9.28. The van der Waals surface area contributed by atoms with Crippen LogP contribution < -0.4 is 5.11 Å². The average molecular weight is 362 g/mol. The van der Waals surface area contributed by atoms with Gasteiger partial charge in [-0.2, -0.15) is 0 Å². The summed E-state index contributed by atoms with van der Waals surface area (Å²) >= 11 is 0. The Morgan fingerprint density at radius 3 is 2.00 bits per heavy atom. The minimum absolute atomic E-state index is 0. The summed E-state index contributed by atoms with van der Waals surface area (Å²) in [7, 11) is 0. The second kappa shape index (κ2) is 13.6. The molecule has 0 aliphatic heterocycles. The van der Waals surface area contributed by atoms with Crippen molar-refractivity contribution in [1.82, 2.24) is 0 Å². The summed E-state index contributed by atoms with van der Waals surface area (Å²) in [5, 5.41) is 25.4. The van der Waals surface area contributed by atoms with Crippen molar-refractivity contribution in [2.45, 2.75) is 26.1 Å². The van der Waals surface area contributed by atoms with Gasteiger partial charge in [-0.1, -0.05) is 19.9 Å². The van der Waals surface area contributed by atoms with E-state index in [4.69, 9.17) is 20.1 Å². The van der Waals surface area contributed by atoms with Crippen LogP contribution in [0.2, 0.25) is 0 Å². The molecule has 5 heteroatoms. The van der Waals surface area contributed by atoms with E-state index in [1.54, 1.807) is 0 Å². The Labute approximate surface area is 92.4 Å². The van der Waals surface area contributed by atoms with Gasteiger partial charge in [0.1, 0.15) is 0 Å². The molecule has 0 fully saturated rings. The molecule has 0 amide bonds. The number of rotatable bonds is 3. The first-order valence-electron chi connectivity index (χ1n) is 3.24. The summed E-state index contributed by atoms with van der Waals surface area (Å²) in [6.07, 6.45) is 0.938. The summed E-state index contributed by atoms with van der Waals surface area (Å²) in [6.45, 7) is 4.80. The summed E-state index contributed by atoms with van der Waals surface area (Å²) in [6, 6.07) is 0. The van der Waals surface area contributed by atoms with Gasteiger partial charge in [-0.3, -0.25) is 0 Å². The number of hydrogen-bond donors (Lipinski definition) is 2. The van der Waals surface area contributed by atoms with E-state index >= 15 is 0 Å². The Hall–Kier alpha value is 0.0651. The molecule has 0 bridgehead atoms. The molecule has 0 aromatic carbocycles. The molecule has 0 aromatic rings. The maximum atomic E-state index is 9.14. The van der Waals surface area contributed by atoms with Gasteiger partial charge in [0.05, 0.1) is 5.97 Å². The number of aliphatic carboxylic acids is 1. The second-order valence-electron chi connectivity index (χ2n) is 1.79. The van der Waals surface area contributed by atoms with Gasteiger partial charge in [0.2, 0.25) is 0 Å². The van der Waals surface area contributed by atoms with E-state index < -0.39 is 12.3 Å². The molecule has 0 unspecified atom stereocenters. The van der Waals surface area contributed by atoms with Crippen LogP contribution >= 0.6 is 0 Å². The van der Waals surface area contributed by atoms with E-state index in [0.717, 1.165) is 12.5 Å². The predicted octanol–water partition coefficient (Wildman–Crippen LogP) is -0.983. The molecule has 0 aliphatic carbocycles. The average Bonchev–Trinajstić information content (AvgIpc) is 1.89. The van der Waals surface area contributed by atoms with Crippen molar-refractivity contribution in [2.24, 2.45) is 0 Å². The minimum atomic E-state index is -1.23. The first kappa shape index (κ1) is 18.0. The molecule has 0 heterocycles. The Morgan fingerprint density at radius 1 is 1.67 bits per heavy atom. The number of carbonyl (C=O) groups excluding carboxylic acids is 1. The minimum Gasteiger partial charge on any atom is -0.545 e. The molecule has 0 saturated heterocycles. The first-order valence-corrected chi connectivity index (χ1v) is 3.24. The molecule has 0 aliphatic rings. The number of hydrogen-bond acceptors (Lipinski definition) is 4. The first-order chi connectivity index (χ1) is 5.04. The number of aliphatic hydroxyl groups is 2. The second-order valence-corrected chi connectivity index (χ2v) is 1.79. The van der Waals surface area contributed by atoms with Crippen LogP contribution in [0.5, 0.6) is 0 Å². The fraction of sp³-hybridized carbons (Fsp3) is 0.571. The number of aliphatic hydroxyl groups excluding tert-OH is 1. The molecule has 2 N–H and O–H groups in total. The summed E-state index contributed by atoms with van der Waals surface area (Å²) < 4.78 is 0. The van der Waals surface area contributed by atoms with E-state index in [2.05, 4.69) is 6.58 Å². The molecule has 12 heavy (non-hydrogen) atoms. The Balaban J connectivity index is -0.000000126. The van der Waals surface area contributed by atoms with Gasteiger partial charge in [-0.15, -0.1) is 0 Å². The fourth-order valence-corrected chi connectivity index (χ4v) is 0.258. The molecule has 0 spiro atoms. The summed E-state index contributed by atoms with van der Waals surface area (Å²) in [4.78, 5) is 9.14. The monoisotopic (exact) mass is 363 g/mol. The summed E-state index contributed by atoms with van der Waals surface area (Å²) in [5.74, 6) is -1.23. The normalized spacial score (nSPS) is 7.67. The van der Waals surface area contributed by atoms with Crippen LogP contribution in [0, 0.1) is 0 Å². The van der Waals surface area contributed by atoms with Gasteiger partial charge in [0, 0.05) is 0 Å². The van der Waals surface area contributed by atoms with Crippen molar-refractivity contribution in [1.29, 1.82) is 0 Å². The largest absolute Gasteiger partial charge is 1.00 e. The molecular weight excluding hydrogens is 349 g/mol. The molecule has 0 atom stereocenters. The maximum Gasteiger partial charge on any atom is 1.00 e. The Morgan fingerprint density at radius 2 is 2.00 bits per heavy atom. The van der Waals surface area contributed by atoms with Crippen molar-refractivity contribution in [3.8, 4) is 0 Å². The van der Waals surface area contributed by atoms with E-state index in [-0.39, 0.29) is 27.7 Å². The number of carbonyl (C=O) groups is 1. The molecular formula is C7H13HgO4. The molecule has 4 nitrogen and oxygen atoms in total. The van der Waals surface area contributed by atoms with Gasteiger partial charge >= 0.3 is 27.7 Å². The molecule has 67 valence electrons. The SMILES string of the molecule is C=CC(=O)[O-].CCCC(O)O.[Hg+]. The number of carboxylic acids is 1. The summed E-state index contributed by atoms with van der Waals surface area (Å²) in [5.41, 5.74) is 0. The van der Waals surface area contributed by atoms with Crippen LogP contribution in [0.4, 0.5) is 0 Å². The van der Waals surface area contributed by atoms with E-state index in [1.807, 2.05) is 6.92 Å². The number of carboxylic acid groups (broad SMARTS) is 1. The van der Waals surface area contributed by atoms with Crippen molar-refractivity contribution in [3.63, 3.8) is 0 Å². The van der Waals surface area contributed by atoms with Crippen molar-refractivity contribution < 1.29 is 47.8 Å². The van der Waals surface area contributed by atoms with E-state index in [0.29, 0.717) is 6.42 Å². The third-order valence-corrected chi connectivity index (χ3v) is 0.714. The van der Waals surface area contributed by atoms with Gasteiger partial charge < -0.3 is 20.1 Å². The quantitative estimate of drug-likeness (QED) is 0.384. The fourth-order valence-electron chi connectivity index (χ4n) is 0.258. The molecule has 0 saturated carbocycles. The molecule has 1 radical (unpaired) electrons. The third kappa shape index (κ3) is 32.2. The van der Waals surface area contributed by atoms with Crippen molar-refractivity contribution in [3.05, 3.63) is 12.7 Å². The van der Waals surface area contributed by atoms with Crippen LogP contribution in [0.25, 0.3) is 0 Å². The maximum absolute atomic E-state index is 9.14. The van der Waals surface area contributed by atoms with E-state index in [1.165, 1.54) is 0 Å². The van der Waals surface area contributed by atoms with Gasteiger partial charge in [-0.25, -0.2) is 0 Å².